The molecule has 0 bridgehead atoms. The minimum absolute atomic E-state index is 0.00105. The molecule has 10 heteroatoms. The Bertz CT molecular complexity index is 900. The van der Waals surface area contributed by atoms with Crippen LogP contribution in [0, 0.1) is 17.8 Å². The second kappa shape index (κ2) is 6.93. The Balaban J connectivity index is 1.74. The Kier molecular flexibility index (Phi) is 4.96. The number of primary sulfonamides is 1. The minimum atomic E-state index is -3.90. The number of nitrogens with zero attached hydrogens (tertiary/aromatic N) is 2. The zero-order valence-electron chi connectivity index (χ0n) is 14.7. The summed E-state index contributed by atoms with van der Waals surface area (Å²) in [5, 5.41) is 14.3. The Labute approximate surface area is 156 Å². The van der Waals surface area contributed by atoms with Crippen LogP contribution in [0.1, 0.15) is 13.3 Å². The predicted molar refractivity (Wildman–Crippen MR) is 95.1 cm³/mol. The highest BCUT2D eigenvalue weighted by Crippen LogP contribution is 2.30. The summed E-state index contributed by atoms with van der Waals surface area (Å²) >= 11 is 0. The minimum Gasteiger partial charge on any atom is -0.481 e. The fraction of sp³-hybridized carbons (Fsp3) is 0.471. The second-order valence-corrected chi connectivity index (χ2v) is 8.67. The number of hydrogen-bond donors (Lipinski definition) is 2. The van der Waals surface area contributed by atoms with E-state index in [0.29, 0.717) is 12.2 Å². The predicted octanol–water partition coefficient (Wildman–Crippen LogP) is -0.134. The number of amides is 2. The molecule has 0 radical (unpaired) electrons. The third-order valence-electron chi connectivity index (χ3n) is 5.17. The molecule has 0 aliphatic carbocycles. The highest BCUT2D eigenvalue weighted by atomic mass is 32.2. The Morgan fingerprint density at radius 1 is 1.22 bits per heavy atom. The summed E-state index contributed by atoms with van der Waals surface area (Å²) in [4.78, 5) is 39.1. The Hall–Kier alpha value is -2.46. The maximum atomic E-state index is 12.7. The number of carbonyl (C=O) groups is 3. The SMILES string of the molecule is C[C@@H]1CN(C(=O)C2CC(=O)N(c3cccc(S(N)(=O)=O)c3)C2)C[C@H]1C(=O)O. The number of benzene rings is 1. The highest BCUT2D eigenvalue weighted by molar-refractivity contribution is 7.89. The summed E-state index contributed by atoms with van der Waals surface area (Å²) in [6.45, 7) is 2.40. The van der Waals surface area contributed by atoms with E-state index in [1.807, 2.05) is 0 Å². The third kappa shape index (κ3) is 3.81. The van der Waals surface area contributed by atoms with Gasteiger partial charge in [0, 0.05) is 31.7 Å². The number of carboxylic acids is 1. The van der Waals surface area contributed by atoms with Gasteiger partial charge < -0.3 is 14.9 Å². The van der Waals surface area contributed by atoms with Crippen molar-refractivity contribution in [1.82, 2.24) is 4.90 Å². The van der Waals surface area contributed by atoms with Gasteiger partial charge in [0.2, 0.25) is 21.8 Å². The number of nitrogens with two attached hydrogens (primary N) is 1. The molecular weight excluding hydrogens is 374 g/mol. The van der Waals surface area contributed by atoms with Gasteiger partial charge in [0.1, 0.15) is 0 Å². The summed E-state index contributed by atoms with van der Waals surface area (Å²) in [5.74, 6) is -2.80. The van der Waals surface area contributed by atoms with Crippen LogP contribution in [0.4, 0.5) is 5.69 Å². The molecule has 2 aliphatic rings. The molecule has 2 aliphatic heterocycles. The van der Waals surface area contributed by atoms with Crippen molar-refractivity contribution in [2.45, 2.75) is 18.2 Å². The quantitative estimate of drug-likeness (QED) is 0.728. The van der Waals surface area contributed by atoms with E-state index in [2.05, 4.69) is 0 Å². The summed E-state index contributed by atoms with van der Waals surface area (Å²) in [7, 11) is -3.90. The fourth-order valence-electron chi connectivity index (χ4n) is 3.68. The van der Waals surface area contributed by atoms with E-state index < -0.39 is 27.8 Å². The lowest BCUT2D eigenvalue weighted by molar-refractivity contribution is -0.142. The lowest BCUT2D eigenvalue weighted by atomic mass is 9.99. The normalized spacial score (nSPS) is 25.9. The number of aliphatic carboxylic acids is 1. The number of rotatable bonds is 4. The lowest BCUT2D eigenvalue weighted by Gasteiger charge is -2.21. The van der Waals surface area contributed by atoms with Crippen LogP contribution in [0.15, 0.2) is 29.2 Å². The van der Waals surface area contributed by atoms with Gasteiger partial charge in [-0.05, 0) is 24.1 Å². The van der Waals surface area contributed by atoms with Crippen molar-refractivity contribution >= 4 is 33.5 Å². The molecule has 2 heterocycles. The number of hydrogen-bond acceptors (Lipinski definition) is 5. The first-order chi connectivity index (χ1) is 12.6. The lowest BCUT2D eigenvalue weighted by Crippen LogP contribution is -2.36. The van der Waals surface area contributed by atoms with Crippen molar-refractivity contribution in [2.24, 2.45) is 22.9 Å². The molecule has 0 saturated carbocycles. The van der Waals surface area contributed by atoms with Crippen LogP contribution in [0.25, 0.3) is 0 Å². The van der Waals surface area contributed by atoms with Gasteiger partial charge in [-0.15, -0.1) is 0 Å². The molecular formula is C17H21N3O6S. The Morgan fingerprint density at radius 3 is 2.52 bits per heavy atom. The average Bonchev–Trinajstić information content (AvgIpc) is 3.17. The zero-order valence-corrected chi connectivity index (χ0v) is 15.6. The number of carbonyl (C=O) groups excluding carboxylic acids is 2. The largest absolute Gasteiger partial charge is 0.481 e. The summed E-state index contributed by atoms with van der Waals surface area (Å²) in [6.07, 6.45) is 0.00105. The maximum absolute atomic E-state index is 12.7. The molecule has 3 rings (SSSR count). The average molecular weight is 395 g/mol. The van der Waals surface area contributed by atoms with E-state index in [-0.39, 0.29) is 42.1 Å². The molecule has 1 aromatic carbocycles. The van der Waals surface area contributed by atoms with Crippen molar-refractivity contribution in [3.63, 3.8) is 0 Å². The molecule has 146 valence electrons. The number of sulfonamides is 1. The van der Waals surface area contributed by atoms with E-state index in [9.17, 15) is 27.9 Å². The summed E-state index contributed by atoms with van der Waals surface area (Å²) < 4.78 is 23.0. The molecule has 3 atom stereocenters. The number of likely N-dealkylation sites (tertiary alicyclic amines) is 1. The molecule has 1 unspecified atom stereocenters. The molecule has 2 fully saturated rings. The molecule has 27 heavy (non-hydrogen) atoms. The van der Waals surface area contributed by atoms with Gasteiger partial charge in [0.15, 0.2) is 0 Å². The van der Waals surface area contributed by atoms with Gasteiger partial charge in [-0.1, -0.05) is 13.0 Å². The zero-order chi connectivity index (χ0) is 19.9. The summed E-state index contributed by atoms with van der Waals surface area (Å²) in [6, 6.07) is 5.70. The van der Waals surface area contributed by atoms with Gasteiger partial charge in [-0.2, -0.15) is 0 Å². The maximum Gasteiger partial charge on any atom is 0.308 e. The van der Waals surface area contributed by atoms with Crippen molar-refractivity contribution in [2.75, 3.05) is 24.5 Å². The standard InChI is InChI=1S/C17H21N3O6S/c1-10-7-19(9-14(10)17(23)24)16(22)11-5-15(21)20(8-11)12-3-2-4-13(6-12)27(18,25)26/h2-4,6,10-11,14H,5,7-9H2,1H3,(H,23,24)(H2,18,25,26)/t10-,11?,14-/m1/s1. The van der Waals surface area contributed by atoms with Crippen LogP contribution < -0.4 is 10.0 Å². The Morgan fingerprint density at radius 2 is 1.93 bits per heavy atom. The molecule has 0 spiro atoms. The van der Waals surface area contributed by atoms with Crippen LogP contribution in [0.2, 0.25) is 0 Å². The van der Waals surface area contributed by atoms with Gasteiger partial charge in [-0.25, -0.2) is 13.6 Å². The van der Waals surface area contributed by atoms with Crippen molar-refractivity contribution in [1.29, 1.82) is 0 Å². The van der Waals surface area contributed by atoms with Crippen molar-refractivity contribution in [3.8, 4) is 0 Å². The van der Waals surface area contributed by atoms with Crippen molar-refractivity contribution in [3.05, 3.63) is 24.3 Å². The van der Waals surface area contributed by atoms with Crippen LogP contribution in [-0.4, -0.2) is 55.8 Å². The van der Waals surface area contributed by atoms with Crippen LogP contribution in [0.3, 0.4) is 0 Å². The smallest absolute Gasteiger partial charge is 0.308 e. The first kappa shape index (κ1) is 19.3. The van der Waals surface area contributed by atoms with E-state index in [1.165, 1.54) is 28.0 Å². The van der Waals surface area contributed by atoms with E-state index in [4.69, 9.17) is 5.14 Å². The molecule has 2 saturated heterocycles. The molecule has 2 amide bonds. The number of carboxylic acid groups (broad SMARTS) is 1. The first-order valence-electron chi connectivity index (χ1n) is 8.52. The van der Waals surface area contributed by atoms with Crippen LogP contribution in [0.5, 0.6) is 0 Å². The van der Waals surface area contributed by atoms with Gasteiger partial charge in [-0.3, -0.25) is 14.4 Å². The van der Waals surface area contributed by atoms with E-state index >= 15 is 0 Å². The van der Waals surface area contributed by atoms with Crippen molar-refractivity contribution < 1.29 is 27.9 Å². The van der Waals surface area contributed by atoms with Gasteiger partial charge in [0.05, 0.1) is 16.7 Å². The highest BCUT2D eigenvalue weighted by Gasteiger charge is 2.42. The monoisotopic (exact) mass is 395 g/mol. The topological polar surface area (TPSA) is 138 Å². The summed E-state index contributed by atoms with van der Waals surface area (Å²) in [5.41, 5.74) is 0.361. The molecule has 0 aromatic heterocycles. The molecule has 1 aromatic rings. The van der Waals surface area contributed by atoms with Gasteiger partial charge in [0.25, 0.3) is 0 Å². The van der Waals surface area contributed by atoms with E-state index in [1.54, 1.807) is 13.0 Å². The number of anilines is 1. The fourth-order valence-corrected chi connectivity index (χ4v) is 4.23. The van der Waals surface area contributed by atoms with Gasteiger partial charge >= 0.3 is 5.97 Å². The molecule has 9 nitrogen and oxygen atoms in total. The van der Waals surface area contributed by atoms with Crippen LogP contribution in [-0.2, 0) is 24.4 Å². The molecule has 3 N–H and O–H groups in total. The first-order valence-corrected chi connectivity index (χ1v) is 10.1. The second-order valence-electron chi connectivity index (χ2n) is 7.11. The van der Waals surface area contributed by atoms with Crippen LogP contribution >= 0.6 is 0 Å². The van der Waals surface area contributed by atoms with E-state index in [0.717, 1.165) is 0 Å². The third-order valence-corrected chi connectivity index (χ3v) is 6.08.